The number of likely N-dealkylation sites (N-methyl/N-ethyl adjacent to an activating group) is 1. The zero-order chi connectivity index (χ0) is 24.6. The first kappa shape index (κ1) is 25.7. The third-order valence-electron chi connectivity index (χ3n) is 5.53. The standard InChI is InChI=1S/C24H32N4O5S/c1-3-4-13-25-34(31,32)22-11-9-21(10-12-22)33-18-23(29)26-20-7-5-19(6-8-20)24(30)28-16-14-27(2)15-17-28/h5-12,25H,3-4,13-18H2,1-2H3,(H,26,29). The highest BCUT2D eigenvalue weighted by Crippen LogP contribution is 2.17. The Morgan fingerprint density at radius 1 is 0.971 bits per heavy atom. The number of anilines is 1. The van der Waals surface area contributed by atoms with Crippen molar-refractivity contribution in [1.29, 1.82) is 0 Å². The molecule has 1 fully saturated rings. The predicted molar refractivity (Wildman–Crippen MR) is 131 cm³/mol. The molecule has 34 heavy (non-hydrogen) atoms. The van der Waals surface area contributed by atoms with Crippen LogP contribution in [0, 0.1) is 0 Å². The molecule has 3 rings (SSSR count). The van der Waals surface area contributed by atoms with Crippen molar-refractivity contribution < 1.29 is 22.7 Å². The maximum absolute atomic E-state index is 12.6. The molecule has 2 amide bonds. The van der Waals surface area contributed by atoms with Crippen LogP contribution in [0.1, 0.15) is 30.1 Å². The molecule has 9 nitrogen and oxygen atoms in total. The Hall–Kier alpha value is -2.95. The molecule has 0 atom stereocenters. The van der Waals surface area contributed by atoms with Gasteiger partial charge in [0.05, 0.1) is 4.90 Å². The smallest absolute Gasteiger partial charge is 0.262 e. The Bertz CT molecular complexity index is 1060. The average molecular weight is 489 g/mol. The second-order valence-electron chi connectivity index (χ2n) is 8.23. The van der Waals surface area contributed by atoms with Gasteiger partial charge in [-0.2, -0.15) is 0 Å². The number of rotatable bonds is 10. The Morgan fingerprint density at radius 2 is 1.62 bits per heavy atom. The predicted octanol–water partition coefficient (Wildman–Crippen LogP) is 2.17. The molecule has 0 saturated carbocycles. The first-order valence-corrected chi connectivity index (χ1v) is 12.9. The van der Waals surface area contributed by atoms with Crippen LogP contribution in [-0.2, 0) is 14.8 Å². The number of carbonyl (C=O) groups excluding carboxylic acids is 2. The number of nitrogens with one attached hydrogen (secondary N) is 2. The molecule has 0 aromatic heterocycles. The molecule has 2 N–H and O–H groups in total. The van der Waals surface area contributed by atoms with Gasteiger partial charge < -0.3 is 19.9 Å². The minimum Gasteiger partial charge on any atom is -0.484 e. The zero-order valence-electron chi connectivity index (χ0n) is 19.6. The Balaban J connectivity index is 1.47. The number of benzene rings is 2. The van der Waals surface area contributed by atoms with Gasteiger partial charge >= 0.3 is 0 Å². The van der Waals surface area contributed by atoms with Gasteiger partial charge in [0.2, 0.25) is 10.0 Å². The van der Waals surface area contributed by atoms with E-state index in [1.165, 1.54) is 24.3 Å². The number of piperazine rings is 1. The normalized spacial score (nSPS) is 14.6. The number of nitrogens with zero attached hydrogens (tertiary/aromatic N) is 2. The minimum atomic E-state index is -3.55. The fourth-order valence-corrected chi connectivity index (χ4v) is 4.49. The monoisotopic (exact) mass is 488 g/mol. The van der Waals surface area contributed by atoms with Crippen molar-refractivity contribution in [3.05, 3.63) is 54.1 Å². The van der Waals surface area contributed by atoms with Crippen LogP contribution in [0.5, 0.6) is 5.75 Å². The Morgan fingerprint density at radius 3 is 2.24 bits per heavy atom. The van der Waals surface area contributed by atoms with E-state index in [0.29, 0.717) is 36.6 Å². The molecule has 2 aromatic rings. The molecule has 1 heterocycles. The number of unbranched alkanes of at least 4 members (excludes halogenated alkanes) is 1. The second-order valence-corrected chi connectivity index (χ2v) is 10.00. The van der Waals surface area contributed by atoms with Crippen LogP contribution in [0.4, 0.5) is 5.69 Å². The van der Waals surface area contributed by atoms with Crippen LogP contribution in [-0.4, -0.2) is 76.4 Å². The van der Waals surface area contributed by atoms with Gasteiger partial charge in [-0.15, -0.1) is 0 Å². The molecule has 0 spiro atoms. The molecule has 0 unspecified atom stereocenters. The van der Waals surface area contributed by atoms with E-state index in [9.17, 15) is 18.0 Å². The average Bonchev–Trinajstić information content (AvgIpc) is 2.84. The quantitative estimate of drug-likeness (QED) is 0.497. The molecule has 2 aromatic carbocycles. The summed E-state index contributed by atoms with van der Waals surface area (Å²) in [5.74, 6) is 0.00666. The molecule has 1 aliphatic rings. The molecule has 0 bridgehead atoms. The van der Waals surface area contributed by atoms with E-state index in [1.54, 1.807) is 24.3 Å². The van der Waals surface area contributed by atoms with Crippen molar-refractivity contribution in [3.8, 4) is 5.75 Å². The number of hydrogen-bond donors (Lipinski definition) is 2. The molecular weight excluding hydrogens is 456 g/mol. The van der Waals surface area contributed by atoms with Gasteiger partial charge in [-0.25, -0.2) is 13.1 Å². The van der Waals surface area contributed by atoms with E-state index in [1.807, 2.05) is 18.9 Å². The van der Waals surface area contributed by atoms with E-state index in [4.69, 9.17) is 4.74 Å². The highest BCUT2D eigenvalue weighted by Gasteiger charge is 2.20. The van der Waals surface area contributed by atoms with Crippen molar-refractivity contribution >= 4 is 27.5 Å². The van der Waals surface area contributed by atoms with Gasteiger partial charge in [-0.05, 0) is 62.0 Å². The summed E-state index contributed by atoms with van der Waals surface area (Å²) in [7, 11) is -1.52. The lowest BCUT2D eigenvalue weighted by atomic mass is 10.1. The highest BCUT2D eigenvalue weighted by atomic mass is 32.2. The van der Waals surface area contributed by atoms with Gasteiger partial charge in [-0.3, -0.25) is 9.59 Å². The number of carbonyl (C=O) groups is 2. The van der Waals surface area contributed by atoms with Crippen molar-refractivity contribution in [1.82, 2.24) is 14.5 Å². The maximum Gasteiger partial charge on any atom is 0.262 e. The van der Waals surface area contributed by atoms with Crippen molar-refractivity contribution in [2.75, 3.05) is 51.7 Å². The highest BCUT2D eigenvalue weighted by molar-refractivity contribution is 7.89. The van der Waals surface area contributed by atoms with E-state index in [-0.39, 0.29) is 23.3 Å². The van der Waals surface area contributed by atoms with Gasteiger partial charge in [0.15, 0.2) is 6.61 Å². The van der Waals surface area contributed by atoms with Crippen molar-refractivity contribution in [2.24, 2.45) is 0 Å². The summed E-state index contributed by atoms with van der Waals surface area (Å²) >= 11 is 0. The third kappa shape index (κ3) is 7.28. The summed E-state index contributed by atoms with van der Waals surface area (Å²) in [5, 5.41) is 2.73. The van der Waals surface area contributed by atoms with Crippen LogP contribution < -0.4 is 14.8 Å². The summed E-state index contributed by atoms with van der Waals surface area (Å²) in [6, 6.07) is 12.7. The van der Waals surface area contributed by atoms with E-state index in [2.05, 4.69) is 14.9 Å². The molecule has 10 heteroatoms. The zero-order valence-corrected chi connectivity index (χ0v) is 20.4. The maximum atomic E-state index is 12.6. The Labute approximate surface area is 201 Å². The molecule has 184 valence electrons. The third-order valence-corrected chi connectivity index (χ3v) is 7.01. The summed E-state index contributed by atoms with van der Waals surface area (Å²) in [4.78, 5) is 29.0. The Kier molecular flexibility index (Phi) is 9.03. The van der Waals surface area contributed by atoms with Crippen molar-refractivity contribution in [2.45, 2.75) is 24.7 Å². The largest absolute Gasteiger partial charge is 0.484 e. The van der Waals surface area contributed by atoms with Crippen LogP contribution in [0.2, 0.25) is 0 Å². The van der Waals surface area contributed by atoms with Crippen LogP contribution in [0.15, 0.2) is 53.4 Å². The summed E-state index contributed by atoms with van der Waals surface area (Å²) in [5.41, 5.74) is 1.14. The number of hydrogen-bond acceptors (Lipinski definition) is 6. The number of sulfonamides is 1. The van der Waals surface area contributed by atoms with E-state index in [0.717, 1.165) is 25.9 Å². The summed E-state index contributed by atoms with van der Waals surface area (Å²) < 4.78 is 32.4. The van der Waals surface area contributed by atoms with Crippen molar-refractivity contribution in [3.63, 3.8) is 0 Å². The lowest BCUT2D eigenvalue weighted by Crippen LogP contribution is -2.47. The fourth-order valence-electron chi connectivity index (χ4n) is 3.42. The molecule has 0 radical (unpaired) electrons. The first-order chi connectivity index (χ1) is 16.3. The molecule has 1 saturated heterocycles. The minimum absolute atomic E-state index is 0.0136. The molecule has 0 aliphatic carbocycles. The summed E-state index contributed by atoms with van der Waals surface area (Å²) in [6.45, 7) is 5.26. The number of ether oxygens (including phenoxy) is 1. The lowest BCUT2D eigenvalue weighted by molar-refractivity contribution is -0.118. The second kappa shape index (κ2) is 12.0. The van der Waals surface area contributed by atoms with Gasteiger partial charge in [0.25, 0.3) is 11.8 Å². The molecule has 1 aliphatic heterocycles. The number of amides is 2. The van der Waals surface area contributed by atoms with Crippen LogP contribution in [0.3, 0.4) is 0 Å². The summed E-state index contributed by atoms with van der Waals surface area (Å²) in [6.07, 6.45) is 1.67. The van der Waals surface area contributed by atoms with E-state index < -0.39 is 10.0 Å². The first-order valence-electron chi connectivity index (χ1n) is 11.4. The fraction of sp³-hybridized carbons (Fsp3) is 0.417. The van der Waals surface area contributed by atoms with Gasteiger partial charge in [0.1, 0.15) is 5.75 Å². The molecular formula is C24H32N4O5S. The van der Waals surface area contributed by atoms with Crippen LogP contribution >= 0.6 is 0 Å². The SMILES string of the molecule is CCCCNS(=O)(=O)c1ccc(OCC(=O)Nc2ccc(C(=O)N3CCN(C)CC3)cc2)cc1. The lowest BCUT2D eigenvalue weighted by Gasteiger charge is -2.32. The topological polar surface area (TPSA) is 108 Å². The van der Waals surface area contributed by atoms with E-state index >= 15 is 0 Å². The van der Waals surface area contributed by atoms with Crippen LogP contribution in [0.25, 0.3) is 0 Å². The van der Waals surface area contributed by atoms with Gasteiger partial charge in [0, 0.05) is 44.0 Å². The van der Waals surface area contributed by atoms with Gasteiger partial charge in [-0.1, -0.05) is 13.3 Å².